The molecule has 0 saturated heterocycles. The highest BCUT2D eigenvalue weighted by Crippen LogP contribution is 2.24. The van der Waals surface area contributed by atoms with E-state index in [0.717, 1.165) is 49.1 Å². The molecule has 2 aromatic carbocycles. The number of aromatic nitrogens is 1. The fourth-order valence-electron chi connectivity index (χ4n) is 4.09. The van der Waals surface area contributed by atoms with Crippen LogP contribution in [0.15, 0.2) is 71.5 Å². The summed E-state index contributed by atoms with van der Waals surface area (Å²) in [6.07, 6.45) is 5.67. The van der Waals surface area contributed by atoms with Crippen LogP contribution in [-0.4, -0.2) is 28.9 Å². The summed E-state index contributed by atoms with van der Waals surface area (Å²) in [7, 11) is 0. The molecule has 0 aliphatic carbocycles. The molecule has 1 aliphatic heterocycles. The molecule has 5 rings (SSSR count). The Morgan fingerprint density at radius 2 is 2.00 bits per heavy atom. The third kappa shape index (κ3) is 3.69. The standard InChI is InChI=1S/C24H23N3O2/c28-24(23-6-3-13-29-23)26-20-7-8-22-21(14-20)18(15-25-22)10-12-27-11-9-17-4-1-2-5-19(17)16-27/h1-8,13-15,25H,9-12,16H2,(H,26,28). The molecule has 0 atom stereocenters. The van der Waals surface area contributed by atoms with Crippen LogP contribution < -0.4 is 5.32 Å². The van der Waals surface area contributed by atoms with E-state index in [0.29, 0.717) is 5.76 Å². The molecule has 0 saturated carbocycles. The second kappa shape index (κ2) is 7.60. The number of nitrogens with zero attached hydrogens (tertiary/aromatic N) is 1. The Hall–Kier alpha value is -3.31. The van der Waals surface area contributed by atoms with Gasteiger partial charge in [-0.2, -0.15) is 0 Å². The molecule has 0 spiro atoms. The molecule has 146 valence electrons. The van der Waals surface area contributed by atoms with Gasteiger partial charge in [0.2, 0.25) is 0 Å². The van der Waals surface area contributed by atoms with E-state index in [1.165, 1.54) is 23.0 Å². The minimum absolute atomic E-state index is 0.238. The van der Waals surface area contributed by atoms with Gasteiger partial charge in [0.05, 0.1) is 6.26 Å². The zero-order chi connectivity index (χ0) is 19.6. The first kappa shape index (κ1) is 17.8. The van der Waals surface area contributed by atoms with E-state index in [2.05, 4.69) is 45.7 Å². The largest absolute Gasteiger partial charge is 0.459 e. The first-order valence-corrected chi connectivity index (χ1v) is 10.0. The summed E-state index contributed by atoms with van der Waals surface area (Å²) in [6, 6.07) is 18.1. The Labute approximate surface area is 169 Å². The molecule has 0 radical (unpaired) electrons. The lowest BCUT2D eigenvalue weighted by Gasteiger charge is -2.28. The highest BCUT2D eigenvalue weighted by atomic mass is 16.3. The predicted molar refractivity (Wildman–Crippen MR) is 114 cm³/mol. The molecule has 2 aromatic heterocycles. The molecule has 2 N–H and O–H groups in total. The summed E-state index contributed by atoms with van der Waals surface area (Å²) in [4.78, 5) is 18.1. The van der Waals surface area contributed by atoms with Crippen molar-refractivity contribution >= 4 is 22.5 Å². The van der Waals surface area contributed by atoms with E-state index in [9.17, 15) is 4.79 Å². The molecule has 0 bridgehead atoms. The SMILES string of the molecule is O=C(Nc1ccc2[nH]cc(CCN3CCc4ccccc4C3)c2c1)c1ccco1. The second-order valence-electron chi connectivity index (χ2n) is 7.55. The zero-order valence-electron chi connectivity index (χ0n) is 16.2. The van der Waals surface area contributed by atoms with Crippen LogP contribution in [0.25, 0.3) is 10.9 Å². The summed E-state index contributed by atoms with van der Waals surface area (Å²) in [6.45, 7) is 3.14. The number of H-pyrrole nitrogens is 1. The molecule has 5 heteroatoms. The van der Waals surface area contributed by atoms with Crippen molar-refractivity contribution in [1.29, 1.82) is 0 Å². The van der Waals surface area contributed by atoms with Gasteiger partial charge in [0.25, 0.3) is 5.91 Å². The topological polar surface area (TPSA) is 61.3 Å². The number of anilines is 1. The monoisotopic (exact) mass is 385 g/mol. The molecular formula is C24H23N3O2. The third-order valence-corrected chi connectivity index (χ3v) is 5.68. The van der Waals surface area contributed by atoms with Gasteiger partial charge < -0.3 is 14.7 Å². The average molecular weight is 385 g/mol. The average Bonchev–Trinajstić information content (AvgIpc) is 3.42. The molecule has 4 aromatic rings. The number of carbonyl (C=O) groups is 1. The summed E-state index contributed by atoms with van der Waals surface area (Å²) in [5.74, 6) is 0.0724. The van der Waals surface area contributed by atoms with E-state index in [4.69, 9.17) is 4.42 Å². The first-order chi connectivity index (χ1) is 14.3. The summed E-state index contributed by atoms with van der Waals surface area (Å²) in [5.41, 5.74) is 6.05. The maximum atomic E-state index is 12.2. The Kier molecular flexibility index (Phi) is 4.66. The molecule has 29 heavy (non-hydrogen) atoms. The Bertz CT molecular complexity index is 1140. The number of fused-ring (bicyclic) bond motifs is 2. The lowest BCUT2D eigenvalue weighted by atomic mass is 9.99. The van der Waals surface area contributed by atoms with Crippen molar-refractivity contribution in [2.24, 2.45) is 0 Å². The van der Waals surface area contributed by atoms with Crippen molar-refractivity contribution in [2.75, 3.05) is 18.4 Å². The molecule has 1 aliphatic rings. The van der Waals surface area contributed by atoms with Crippen LogP contribution in [0.3, 0.4) is 0 Å². The van der Waals surface area contributed by atoms with E-state index >= 15 is 0 Å². The van der Waals surface area contributed by atoms with Gasteiger partial charge in [0, 0.05) is 42.4 Å². The van der Waals surface area contributed by atoms with Crippen LogP contribution in [-0.2, 0) is 19.4 Å². The van der Waals surface area contributed by atoms with Gasteiger partial charge in [-0.25, -0.2) is 0 Å². The highest BCUT2D eigenvalue weighted by Gasteiger charge is 2.16. The van der Waals surface area contributed by atoms with Gasteiger partial charge in [0.1, 0.15) is 0 Å². The van der Waals surface area contributed by atoms with Crippen molar-refractivity contribution in [2.45, 2.75) is 19.4 Å². The number of amides is 1. The summed E-state index contributed by atoms with van der Waals surface area (Å²) < 4.78 is 5.17. The highest BCUT2D eigenvalue weighted by molar-refractivity contribution is 6.03. The normalized spacial score (nSPS) is 14.1. The van der Waals surface area contributed by atoms with Crippen molar-refractivity contribution in [3.63, 3.8) is 0 Å². The number of benzene rings is 2. The van der Waals surface area contributed by atoms with Crippen LogP contribution in [0, 0.1) is 0 Å². The van der Waals surface area contributed by atoms with Gasteiger partial charge in [0.15, 0.2) is 5.76 Å². The zero-order valence-corrected chi connectivity index (χ0v) is 16.2. The molecule has 3 heterocycles. The summed E-state index contributed by atoms with van der Waals surface area (Å²) >= 11 is 0. The van der Waals surface area contributed by atoms with Gasteiger partial charge in [-0.1, -0.05) is 24.3 Å². The number of hydrogen-bond donors (Lipinski definition) is 2. The van der Waals surface area contributed by atoms with Crippen LogP contribution in [0.5, 0.6) is 0 Å². The predicted octanol–water partition coefficient (Wildman–Crippen LogP) is 4.61. The molecule has 1 amide bonds. The Balaban J connectivity index is 1.29. The Morgan fingerprint density at radius 3 is 2.86 bits per heavy atom. The van der Waals surface area contributed by atoms with Crippen molar-refractivity contribution in [3.8, 4) is 0 Å². The van der Waals surface area contributed by atoms with E-state index in [1.807, 2.05) is 18.2 Å². The van der Waals surface area contributed by atoms with Crippen molar-refractivity contribution in [3.05, 3.63) is 89.5 Å². The maximum absolute atomic E-state index is 12.2. The number of hydrogen-bond acceptors (Lipinski definition) is 3. The van der Waals surface area contributed by atoms with E-state index in [1.54, 1.807) is 12.1 Å². The lowest BCUT2D eigenvalue weighted by Crippen LogP contribution is -2.32. The van der Waals surface area contributed by atoms with Crippen molar-refractivity contribution in [1.82, 2.24) is 9.88 Å². The number of aromatic amines is 1. The van der Waals surface area contributed by atoms with Crippen LogP contribution in [0.1, 0.15) is 27.2 Å². The smallest absolute Gasteiger partial charge is 0.291 e. The fraction of sp³-hybridized carbons (Fsp3) is 0.208. The second-order valence-corrected chi connectivity index (χ2v) is 7.55. The summed E-state index contributed by atoms with van der Waals surface area (Å²) in [5, 5.41) is 4.07. The number of furan rings is 1. The van der Waals surface area contributed by atoms with E-state index in [-0.39, 0.29) is 5.91 Å². The minimum Gasteiger partial charge on any atom is -0.459 e. The first-order valence-electron chi connectivity index (χ1n) is 10.0. The Morgan fingerprint density at radius 1 is 1.10 bits per heavy atom. The van der Waals surface area contributed by atoms with Gasteiger partial charge >= 0.3 is 0 Å². The minimum atomic E-state index is -0.238. The lowest BCUT2D eigenvalue weighted by molar-refractivity contribution is 0.0996. The maximum Gasteiger partial charge on any atom is 0.291 e. The molecule has 0 unspecified atom stereocenters. The molecular weight excluding hydrogens is 362 g/mol. The van der Waals surface area contributed by atoms with Crippen LogP contribution >= 0.6 is 0 Å². The fourth-order valence-corrected chi connectivity index (χ4v) is 4.09. The molecule has 0 fully saturated rings. The van der Waals surface area contributed by atoms with Gasteiger partial charge in [-0.15, -0.1) is 0 Å². The number of carbonyl (C=O) groups excluding carboxylic acids is 1. The molecule has 5 nitrogen and oxygen atoms in total. The van der Waals surface area contributed by atoms with Crippen LogP contribution in [0.2, 0.25) is 0 Å². The number of nitrogens with one attached hydrogen (secondary N) is 2. The van der Waals surface area contributed by atoms with Crippen LogP contribution in [0.4, 0.5) is 5.69 Å². The van der Waals surface area contributed by atoms with Crippen molar-refractivity contribution < 1.29 is 9.21 Å². The quantitative estimate of drug-likeness (QED) is 0.527. The number of rotatable bonds is 5. The third-order valence-electron chi connectivity index (χ3n) is 5.68. The van der Waals surface area contributed by atoms with Gasteiger partial charge in [-0.3, -0.25) is 9.69 Å². The van der Waals surface area contributed by atoms with E-state index < -0.39 is 0 Å². The van der Waals surface area contributed by atoms with Gasteiger partial charge in [-0.05, 0) is 59.9 Å².